The second-order valence-electron chi connectivity index (χ2n) is 3.82. The summed E-state index contributed by atoms with van der Waals surface area (Å²) in [7, 11) is 0. The molecule has 1 heterocycles. The van der Waals surface area contributed by atoms with E-state index in [1.54, 1.807) is 20.8 Å². The van der Waals surface area contributed by atoms with Crippen LogP contribution in [-0.2, 0) is 4.79 Å². The summed E-state index contributed by atoms with van der Waals surface area (Å²) in [6.45, 7) is 4.99. The quantitative estimate of drug-likeness (QED) is 0.623. The summed E-state index contributed by atoms with van der Waals surface area (Å²) in [5.74, 6) is -0.757. The minimum absolute atomic E-state index is 0.583. The van der Waals surface area contributed by atoms with Gasteiger partial charge < -0.3 is 10.4 Å². The number of hydrogen-bond acceptors (Lipinski definition) is 2. The zero-order valence-electron chi connectivity index (χ0n) is 8.82. The summed E-state index contributed by atoms with van der Waals surface area (Å²) in [6.07, 6.45) is 11.6. The van der Waals surface area contributed by atoms with Crippen molar-refractivity contribution < 1.29 is 9.90 Å². The van der Waals surface area contributed by atoms with E-state index in [1.165, 1.54) is 0 Å². The molecule has 0 saturated carbocycles. The molecule has 78 valence electrons. The van der Waals surface area contributed by atoms with Crippen LogP contribution >= 0.6 is 0 Å². The van der Waals surface area contributed by atoms with Crippen LogP contribution in [0.15, 0.2) is 36.7 Å². The van der Waals surface area contributed by atoms with E-state index in [2.05, 4.69) is 5.32 Å². The van der Waals surface area contributed by atoms with Gasteiger partial charge in [-0.05, 0) is 32.9 Å². The van der Waals surface area contributed by atoms with Crippen molar-refractivity contribution in [3.05, 3.63) is 36.7 Å². The van der Waals surface area contributed by atoms with Gasteiger partial charge in [0, 0.05) is 12.4 Å². The fourth-order valence-corrected chi connectivity index (χ4v) is 0.406. The van der Waals surface area contributed by atoms with E-state index in [0.717, 1.165) is 0 Å². The molecule has 1 rings (SSSR count). The molecule has 3 heteroatoms. The van der Waals surface area contributed by atoms with Crippen LogP contribution in [0.25, 0.3) is 0 Å². The third kappa shape index (κ3) is 7.16. The molecule has 2 N–H and O–H groups in total. The van der Waals surface area contributed by atoms with E-state index in [4.69, 9.17) is 5.11 Å². The standard InChI is InChI=1S/C6H7N.C5H10O2/c1-2-4-6-7-5-3-1;1-5(2,3)4(6)7/h1-7H;1-3H3,(H,6,7). The maximum absolute atomic E-state index is 10.0. The van der Waals surface area contributed by atoms with E-state index >= 15 is 0 Å². The predicted octanol–water partition coefficient (Wildman–Crippen LogP) is 2.29. The van der Waals surface area contributed by atoms with Gasteiger partial charge in [0.2, 0.25) is 0 Å². The Bertz CT molecular complexity index is 243. The predicted molar refractivity (Wildman–Crippen MR) is 57.6 cm³/mol. The highest BCUT2D eigenvalue weighted by molar-refractivity contribution is 5.72. The lowest BCUT2D eigenvalue weighted by atomic mass is 9.98. The highest BCUT2D eigenvalue weighted by atomic mass is 16.4. The molecule has 0 unspecified atom stereocenters. The van der Waals surface area contributed by atoms with Crippen molar-refractivity contribution in [3.8, 4) is 0 Å². The number of nitrogens with one attached hydrogen (secondary N) is 1. The van der Waals surface area contributed by atoms with Crippen LogP contribution in [0.5, 0.6) is 0 Å². The maximum atomic E-state index is 10.0. The molecule has 14 heavy (non-hydrogen) atoms. The van der Waals surface area contributed by atoms with Gasteiger partial charge >= 0.3 is 5.97 Å². The van der Waals surface area contributed by atoms with Gasteiger partial charge in [-0.15, -0.1) is 0 Å². The Morgan fingerprint density at radius 3 is 1.71 bits per heavy atom. The third-order valence-corrected chi connectivity index (χ3v) is 1.36. The third-order valence-electron chi connectivity index (χ3n) is 1.36. The Kier molecular flexibility index (Phi) is 5.37. The molecular weight excluding hydrogens is 178 g/mol. The fourth-order valence-electron chi connectivity index (χ4n) is 0.406. The lowest BCUT2D eigenvalue weighted by molar-refractivity contribution is -0.145. The minimum atomic E-state index is -0.757. The van der Waals surface area contributed by atoms with Gasteiger partial charge in [0.05, 0.1) is 5.41 Å². The zero-order chi connectivity index (χ0) is 11.0. The van der Waals surface area contributed by atoms with E-state index in [-0.39, 0.29) is 0 Å². The Morgan fingerprint density at radius 1 is 1.07 bits per heavy atom. The number of carboxylic acids is 1. The fraction of sp³-hybridized carbons (Fsp3) is 0.364. The highest BCUT2D eigenvalue weighted by Gasteiger charge is 2.18. The van der Waals surface area contributed by atoms with Gasteiger partial charge in [0.15, 0.2) is 0 Å². The lowest BCUT2D eigenvalue weighted by Gasteiger charge is -2.08. The molecule has 0 aliphatic carbocycles. The Balaban J connectivity index is 0.000000241. The minimum Gasteiger partial charge on any atom is -0.481 e. The van der Waals surface area contributed by atoms with Gasteiger partial charge in [-0.2, -0.15) is 0 Å². The monoisotopic (exact) mass is 195 g/mol. The average Bonchev–Trinajstić information content (AvgIpc) is 2.33. The van der Waals surface area contributed by atoms with Crippen molar-refractivity contribution >= 4 is 5.97 Å². The molecule has 0 fully saturated rings. The molecule has 0 radical (unpaired) electrons. The molecule has 1 aliphatic rings. The van der Waals surface area contributed by atoms with Gasteiger partial charge in [-0.3, -0.25) is 4.79 Å². The summed E-state index contributed by atoms with van der Waals surface area (Å²) in [5.41, 5.74) is -0.583. The first-order chi connectivity index (χ1) is 6.44. The van der Waals surface area contributed by atoms with Crippen LogP contribution < -0.4 is 5.32 Å². The zero-order valence-corrected chi connectivity index (χ0v) is 8.82. The van der Waals surface area contributed by atoms with Crippen molar-refractivity contribution in [2.45, 2.75) is 20.8 Å². The normalized spacial score (nSPS) is 13.6. The molecule has 0 bridgehead atoms. The van der Waals surface area contributed by atoms with Crippen molar-refractivity contribution in [2.75, 3.05) is 0 Å². The Hall–Kier alpha value is -1.51. The first-order valence-corrected chi connectivity index (χ1v) is 4.42. The summed E-state index contributed by atoms with van der Waals surface area (Å²) < 4.78 is 0. The first-order valence-electron chi connectivity index (χ1n) is 4.42. The van der Waals surface area contributed by atoms with Crippen LogP contribution in [0.4, 0.5) is 0 Å². The molecule has 1 aliphatic heterocycles. The SMILES string of the molecule is C1=CC=CNC=C1.CC(C)(C)C(=O)O. The molecule has 0 aromatic carbocycles. The summed E-state index contributed by atoms with van der Waals surface area (Å²) in [5, 5.41) is 11.2. The van der Waals surface area contributed by atoms with Crippen molar-refractivity contribution in [3.63, 3.8) is 0 Å². The number of carboxylic acid groups (broad SMARTS) is 1. The summed E-state index contributed by atoms with van der Waals surface area (Å²) in [6, 6.07) is 0. The molecule has 0 atom stereocenters. The molecule has 3 nitrogen and oxygen atoms in total. The van der Waals surface area contributed by atoms with Gasteiger partial charge in [-0.1, -0.05) is 12.2 Å². The van der Waals surface area contributed by atoms with Crippen LogP contribution in [0.2, 0.25) is 0 Å². The summed E-state index contributed by atoms with van der Waals surface area (Å²) >= 11 is 0. The van der Waals surface area contributed by atoms with Crippen molar-refractivity contribution in [1.82, 2.24) is 5.32 Å². The molecule has 0 aromatic heterocycles. The number of aliphatic carboxylic acids is 1. The first kappa shape index (κ1) is 12.5. The van der Waals surface area contributed by atoms with Gasteiger partial charge in [-0.25, -0.2) is 0 Å². The Labute approximate surface area is 84.8 Å². The van der Waals surface area contributed by atoms with E-state index in [1.807, 2.05) is 36.7 Å². The second-order valence-corrected chi connectivity index (χ2v) is 3.82. The van der Waals surface area contributed by atoms with Crippen LogP contribution in [0.3, 0.4) is 0 Å². The van der Waals surface area contributed by atoms with Gasteiger partial charge in [0.1, 0.15) is 0 Å². The number of hydrogen-bond donors (Lipinski definition) is 2. The molecule has 0 spiro atoms. The summed E-state index contributed by atoms with van der Waals surface area (Å²) in [4.78, 5) is 10.0. The Morgan fingerprint density at radius 2 is 1.43 bits per heavy atom. The van der Waals surface area contributed by atoms with Crippen molar-refractivity contribution in [1.29, 1.82) is 0 Å². The number of carbonyl (C=O) groups is 1. The van der Waals surface area contributed by atoms with E-state index in [9.17, 15) is 4.79 Å². The maximum Gasteiger partial charge on any atom is 0.308 e. The van der Waals surface area contributed by atoms with Gasteiger partial charge in [0.25, 0.3) is 0 Å². The van der Waals surface area contributed by atoms with E-state index in [0.29, 0.717) is 0 Å². The molecule has 0 amide bonds. The smallest absolute Gasteiger partial charge is 0.308 e. The molecule has 0 aromatic rings. The topological polar surface area (TPSA) is 49.3 Å². The largest absolute Gasteiger partial charge is 0.481 e. The molecular formula is C11H17NO2. The average molecular weight is 195 g/mol. The number of allylic oxidation sites excluding steroid dienone is 4. The second kappa shape index (κ2) is 6.02. The lowest BCUT2D eigenvalue weighted by Crippen LogP contribution is -2.18. The van der Waals surface area contributed by atoms with Crippen LogP contribution in [0.1, 0.15) is 20.8 Å². The molecule has 0 saturated heterocycles. The van der Waals surface area contributed by atoms with Crippen molar-refractivity contribution in [2.24, 2.45) is 5.41 Å². The number of rotatable bonds is 0. The van der Waals surface area contributed by atoms with Crippen LogP contribution in [0, 0.1) is 5.41 Å². The highest BCUT2D eigenvalue weighted by Crippen LogP contribution is 2.11. The van der Waals surface area contributed by atoms with Crippen LogP contribution in [-0.4, -0.2) is 11.1 Å². The van der Waals surface area contributed by atoms with E-state index < -0.39 is 11.4 Å².